The number of aliphatic carboxylic acids is 1. The lowest BCUT2D eigenvalue weighted by molar-refractivity contribution is -0.142. The highest BCUT2D eigenvalue weighted by atomic mass is 19.4. The average Bonchev–Trinajstić information content (AvgIpc) is 2.97. The van der Waals surface area contributed by atoms with Crippen LogP contribution in [0.15, 0.2) is 36.5 Å². The molecule has 2 N–H and O–H groups in total. The summed E-state index contributed by atoms with van der Waals surface area (Å²) in [4.78, 5) is 31.0. The summed E-state index contributed by atoms with van der Waals surface area (Å²) in [5, 5.41) is 13.1. The zero-order valence-corrected chi connectivity index (χ0v) is 25.2. The van der Waals surface area contributed by atoms with Crippen LogP contribution in [0.4, 0.5) is 36.2 Å². The molecule has 4 heterocycles. The molecule has 230 valence electrons. The first-order valence-electron chi connectivity index (χ1n) is 14.5. The van der Waals surface area contributed by atoms with Crippen LogP contribution in [-0.4, -0.2) is 63.7 Å². The van der Waals surface area contributed by atoms with Crippen LogP contribution in [0.2, 0.25) is 0 Å². The Morgan fingerprint density at radius 3 is 2.67 bits per heavy atom. The van der Waals surface area contributed by atoms with Gasteiger partial charge in [-0.05, 0) is 61.6 Å². The summed E-state index contributed by atoms with van der Waals surface area (Å²) in [5.74, 6) is -0.120. The van der Waals surface area contributed by atoms with Gasteiger partial charge in [0.15, 0.2) is 0 Å². The standard InChI is InChI=1S/C31H38F3N7O2/c1-6-40(19(2)29(42)43)18-26-37-24-17-41(28-23(31(32,33)34)8-7-13-35-28)14-11-21(24)27(38-26)36-20-9-10-22-25(16-20)39(5)15-12-30(22,3)4/h7-10,13,16,19H,6,11-12,14-15,17-18H2,1-5H3,(H,42,43)(H,36,37,38). The van der Waals surface area contributed by atoms with Crippen molar-refractivity contribution in [2.45, 2.75) is 71.3 Å². The average molecular weight is 598 g/mol. The highest BCUT2D eigenvalue weighted by Gasteiger charge is 2.37. The summed E-state index contributed by atoms with van der Waals surface area (Å²) >= 11 is 0. The van der Waals surface area contributed by atoms with Gasteiger partial charge in [0.2, 0.25) is 0 Å². The second-order valence-corrected chi connectivity index (χ2v) is 11.9. The van der Waals surface area contributed by atoms with Gasteiger partial charge >= 0.3 is 12.1 Å². The van der Waals surface area contributed by atoms with Crippen molar-refractivity contribution in [3.05, 3.63) is 64.7 Å². The molecule has 0 saturated heterocycles. The third-order valence-electron chi connectivity index (χ3n) is 8.63. The molecular formula is C31H38F3N7O2. The smallest absolute Gasteiger partial charge is 0.419 e. The fourth-order valence-electron chi connectivity index (χ4n) is 5.90. The molecule has 0 aliphatic carbocycles. The molecule has 0 radical (unpaired) electrons. The van der Waals surface area contributed by atoms with Crippen molar-refractivity contribution in [3.63, 3.8) is 0 Å². The Bertz CT molecular complexity index is 1510. The molecule has 9 nitrogen and oxygen atoms in total. The Labute approximate surface area is 249 Å². The minimum Gasteiger partial charge on any atom is -0.480 e. The van der Waals surface area contributed by atoms with Crippen LogP contribution >= 0.6 is 0 Å². The van der Waals surface area contributed by atoms with Crippen LogP contribution < -0.4 is 15.1 Å². The van der Waals surface area contributed by atoms with Gasteiger partial charge in [-0.25, -0.2) is 15.0 Å². The molecule has 2 aliphatic rings. The monoisotopic (exact) mass is 597 g/mol. The van der Waals surface area contributed by atoms with E-state index in [1.165, 1.54) is 17.8 Å². The number of likely N-dealkylation sites (N-methyl/N-ethyl adjacent to an activating group) is 1. The first-order chi connectivity index (χ1) is 20.3. The predicted octanol–water partition coefficient (Wildman–Crippen LogP) is 5.61. The van der Waals surface area contributed by atoms with Gasteiger partial charge in [0.1, 0.15) is 23.5 Å². The normalized spacial score (nSPS) is 17.0. The lowest BCUT2D eigenvalue weighted by Crippen LogP contribution is -2.39. The number of benzene rings is 1. The van der Waals surface area contributed by atoms with Gasteiger partial charge in [0.05, 0.1) is 24.3 Å². The van der Waals surface area contributed by atoms with E-state index in [2.05, 4.69) is 48.2 Å². The maximum absolute atomic E-state index is 13.8. The van der Waals surface area contributed by atoms with Crippen LogP contribution in [0.5, 0.6) is 0 Å². The van der Waals surface area contributed by atoms with E-state index >= 15 is 0 Å². The lowest BCUT2D eigenvalue weighted by atomic mass is 9.78. The van der Waals surface area contributed by atoms with Crippen molar-refractivity contribution in [1.82, 2.24) is 19.9 Å². The number of nitrogens with zero attached hydrogens (tertiary/aromatic N) is 6. The second kappa shape index (κ2) is 11.6. The van der Waals surface area contributed by atoms with E-state index in [4.69, 9.17) is 9.97 Å². The summed E-state index contributed by atoms with van der Waals surface area (Å²) < 4.78 is 41.5. The number of nitrogens with one attached hydrogen (secondary N) is 1. The van der Waals surface area contributed by atoms with Crippen molar-refractivity contribution >= 4 is 29.0 Å². The van der Waals surface area contributed by atoms with Gasteiger partial charge in [-0.15, -0.1) is 0 Å². The number of pyridine rings is 1. The first-order valence-corrected chi connectivity index (χ1v) is 14.5. The summed E-state index contributed by atoms with van der Waals surface area (Å²) in [6, 6.07) is 7.82. The Balaban J connectivity index is 1.54. The molecule has 1 aromatic carbocycles. The number of alkyl halides is 3. The Hall–Kier alpha value is -3.93. The van der Waals surface area contributed by atoms with Gasteiger partial charge in [-0.1, -0.05) is 26.8 Å². The third-order valence-corrected chi connectivity index (χ3v) is 8.63. The fraction of sp³-hybridized carbons (Fsp3) is 0.484. The third kappa shape index (κ3) is 6.24. The molecule has 1 atom stereocenters. The number of anilines is 4. The van der Waals surface area contributed by atoms with Gasteiger partial charge in [-0.3, -0.25) is 9.69 Å². The largest absolute Gasteiger partial charge is 0.480 e. The minimum atomic E-state index is -4.55. The first kappa shape index (κ1) is 30.5. The molecule has 5 rings (SSSR count). The van der Waals surface area contributed by atoms with E-state index in [9.17, 15) is 23.1 Å². The highest BCUT2D eigenvalue weighted by Crippen LogP contribution is 2.41. The van der Waals surface area contributed by atoms with Gasteiger partial charge in [0.25, 0.3) is 0 Å². The second-order valence-electron chi connectivity index (χ2n) is 11.9. The van der Waals surface area contributed by atoms with Crippen molar-refractivity contribution in [2.24, 2.45) is 0 Å². The van der Waals surface area contributed by atoms with Crippen molar-refractivity contribution in [2.75, 3.05) is 41.8 Å². The Kier molecular flexibility index (Phi) is 8.26. The minimum absolute atomic E-state index is 0.0519. The van der Waals surface area contributed by atoms with Crippen LogP contribution in [0.25, 0.3) is 0 Å². The number of carbonyl (C=O) groups is 1. The van der Waals surface area contributed by atoms with Crippen LogP contribution in [0, 0.1) is 0 Å². The molecule has 43 heavy (non-hydrogen) atoms. The van der Waals surface area contributed by atoms with Crippen molar-refractivity contribution in [3.8, 4) is 0 Å². The Morgan fingerprint density at radius 2 is 1.98 bits per heavy atom. The van der Waals surface area contributed by atoms with Crippen molar-refractivity contribution < 1.29 is 23.1 Å². The highest BCUT2D eigenvalue weighted by molar-refractivity contribution is 5.73. The number of halogens is 3. The number of carboxylic acids is 1. The fourth-order valence-corrected chi connectivity index (χ4v) is 5.90. The molecule has 1 unspecified atom stereocenters. The van der Waals surface area contributed by atoms with Gasteiger partial charge in [-0.2, -0.15) is 13.2 Å². The van der Waals surface area contributed by atoms with Crippen LogP contribution in [0.1, 0.15) is 62.3 Å². The van der Waals surface area contributed by atoms with E-state index in [0.717, 1.165) is 36.0 Å². The molecule has 0 bridgehead atoms. The summed E-state index contributed by atoms with van der Waals surface area (Å²) in [6.45, 7) is 9.95. The lowest BCUT2D eigenvalue weighted by Gasteiger charge is -2.38. The SMILES string of the molecule is CCN(Cc1nc2c(c(Nc3ccc4c(c3)N(C)CCC4(C)C)n1)CCN(c1ncccc1C(F)(F)F)C2)C(C)C(=O)O. The molecule has 3 aromatic rings. The molecule has 12 heteroatoms. The molecule has 0 fully saturated rings. The summed E-state index contributed by atoms with van der Waals surface area (Å²) in [7, 11) is 2.08. The molecule has 2 aromatic heterocycles. The number of rotatable bonds is 8. The predicted molar refractivity (Wildman–Crippen MR) is 160 cm³/mol. The summed E-state index contributed by atoms with van der Waals surface area (Å²) in [6.07, 6.45) is -1.72. The number of aromatic nitrogens is 3. The van der Waals surface area contributed by atoms with Gasteiger partial charge < -0.3 is 20.2 Å². The van der Waals surface area contributed by atoms with E-state index in [0.29, 0.717) is 36.8 Å². The molecule has 0 saturated carbocycles. The van der Waals surface area contributed by atoms with Gasteiger partial charge in [0, 0.05) is 43.3 Å². The number of fused-ring (bicyclic) bond motifs is 2. The quantitative estimate of drug-likeness (QED) is 0.344. The number of carboxylic acid groups (broad SMARTS) is 1. The maximum Gasteiger partial charge on any atom is 0.419 e. The van der Waals surface area contributed by atoms with Crippen LogP contribution in [0.3, 0.4) is 0 Å². The number of hydrogen-bond donors (Lipinski definition) is 2. The molecule has 2 aliphatic heterocycles. The topological polar surface area (TPSA) is 97.7 Å². The summed E-state index contributed by atoms with van der Waals surface area (Å²) in [5.41, 5.74) is 3.92. The maximum atomic E-state index is 13.8. The number of hydrogen-bond acceptors (Lipinski definition) is 8. The van der Waals surface area contributed by atoms with Crippen molar-refractivity contribution in [1.29, 1.82) is 0 Å². The van der Waals surface area contributed by atoms with Crippen LogP contribution in [-0.2, 0) is 35.9 Å². The zero-order chi connectivity index (χ0) is 31.1. The van der Waals surface area contributed by atoms with E-state index in [1.807, 2.05) is 13.0 Å². The van der Waals surface area contributed by atoms with E-state index in [1.54, 1.807) is 16.7 Å². The van der Waals surface area contributed by atoms with E-state index < -0.39 is 23.8 Å². The Morgan fingerprint density at radius 1 is 1.21 bits per heavy atom. The molecule has 0 amide bonds. The van der Waals surface area contributed by atoms with E-state index in [-0.39, 0.29) is 24.3 Å². The zero-order valence-electron chi connectivity index (χ0n) is 25.2. The molecule has 0 spiro atoms. The molecular weight excluding hydrogens is 559 g/mol.